The molecular weight excluding hydrogens is 218 g/mol. The van der Waals surface area contributed by atoms with E-state index in [4.69, 9.17) is 11.0 Å². The zero-order valence-electron chi connectivity index (χ0n) is 9.82. The van der Waals surface area contributed by atoms with E-state index in [1.807, 2.05) is 0 Å². The first-order chi connectivity index (χ1) is 8.07. The van der Waals surface area contributed by atoms with Gasteiger partial charge < -0.3 is 10.6 Å². The molecule has 0 unspecified atom stereocenters. The molecule has 0 spiro atoms. The van der Waals surface area contributed by atoms with Gasteiger partial charge in [0.15, 0.2) is 0 Å². The van der Waals surface area contributed by atoms with Crippen molar-refractivity contribution in [1.82, 2.24) is 4.90 Å². The summed E-state index contributed by atoms with van der Waals surface area (Å²) < 4.78 is 0. The van der Waals surface area contributed by atoms with Crippen molar-refractivity contribution < 1.29 is 9.59 Å². The molecule has 1 heterocycles. The fourth-order valence-corrected chi connectivity index (χ4v) is 2.73. The van der Waals surface area contributed by atoms with Crippen LogP contribution in [0.5, 0.6) is 0 Å². The average molecular weight is 235 g/mol. The third kappa shape index (κ3) is 2.12. The van der Waals surface area contributed by atoms with Gasteiger partial charge in [-0.05, 0) is 12.8 Å². The molecule has 0 aromatic carbocycles. The molecule has 2 aliphatic rings. The van der Waals surface area contributed by atoms with E-state index < -0.39 is 5.41 Å². The fraction of sp³-hybridized carbons (Fsp3) is 0.750. The van der Waals surface area contributed by atoms with E-state index in [0.29, 0.717) is 13.1 Å². The number of nitriles is 1. The number of carbonyl (C=O) groups is 2. The largest absolute Gasteiger partial charge is 0.369 e. The van der Waals surface area contributed by atoms with Gasteiger partial charge >= 0.3 is 0 Å². The molecule has 2 amide bonds. The van der Waals surface area contributed by atoms with Gasteiger partial charge in [0.25, 0.3) is 0 Å². The Morgan fingerprint density at radius 1 is 1.35 bits per heavy atom. The zero-order chi connectivity index (χ0) is 12.5. The number of rotatable bonds is 3. The summed E-state index contributed by atoms with van der Waals surface area (Å²) in [4.78, 5) is 25.1. The summed E-state index contributed by atoms with van der Waals surface area (Å²) in [7, 11) is 0. The number of amides is 2. The van der Waals surface area contributed by atoms with Crippen molar-refractivity contribution in [3.8, 4) is 6.07 Å². The Morgan fingerprint density at radius 2 is 1.94 bits per heavy atom. The summed E-state index contributed by atoms with van der Waals surface area (Å²) in [5.74, 6) is -0.412. The van der Waals surface area contributed by atoms with Gasteiger partial charge in [0.1, 0.15) is 0 Å². The minimum absolute atomic E-state index is 0.0304. The van der Waals surface area contributed by atoms with Gasteiger partial charge in [-0.1, -0.05) is 12.8 Å². The number of likely N-dealkylation sites (tertiary alicyclic amines) is 1. The van der Waals surface area contributed by atoms with Crippen LogP contribution in [0.3, 0.4) is 0 Å². The number of carbonyl (C=O) groups excluding carboxylic acids is 2. The van der Waals surface area contributed by atoms with Crippen LogP contribution < -0.4 is 5.73 Å². The normalized spacial score (nSPS) is 22.9. The van der Waals surface area contributed by atoms with Gasteiger partial charge in [0.05, 0.1) is 17.4 Å². The second-order valence-corrected chi connectivity index (χ2v) is 5.15. The number of nitrogens with zero attached hydrogens (tertiary/aromatic N) is 2. The molecule has 1 saturated heterocycles. The first kappa shape index (κ1) is 11.9. The standard InChI is InChI=1S/C12H17N3O2/c13-6-9-7-15(8-9)10(16)5-12(11(14)17)3-1-2-4-12/h9H,1-5,7-8H2,(H2,14,17). The molecule has 17 heavy (non-hydrogen) atoms. The van der Waals surface area contributed by atoms with Gasteiger partial charge in [-0.25, -0.2) is 0 Å². The monoisotopic (exact) mass is 235 g/mol. The fourth-order valence-electron chi connectivity index (χ4n) is 2.73. The number of hydrogen-bond acceptors (Lipinski definition) is 3. The topological polar surface area (TPSA) is 87.2 Å². The molecule has 1 aliphatic heterocycles. The Kier molecular flexibility index (Phi) is 3.05. The zero-order valence-corrected chi connectivity index (χ0v) is 9.82. The highest BCUT2D eigenvalue weighted by Crippen LogP contribution is 2.41. The van der Waals surface area contributed by atoms with Crippen molar-refractivity contribution in [2.75, 3.05) is 13.1 Å². The highest BCUT2D eigenvalue weighted by Gasteiger charge is 2.43. The Labute approximate surface area is 101 Å². The molecule has 0 bridgehead atoms. The molecule has 0 atom stereocenters. The van der Waals surface area contributed by atoms with Crippen LogP contribution in [-0.4, -0.2) is 29.8 Å². The van der Waals surface area contributed by atoms with Gasteiger partial charge in [-0.3, -0.25) is 9.59 Å². The quantitative estimate of drug-likeness (QED) is 0.768. The number of hydrogen-bond donors (Lipinski definition) is 1. The van der Waals surface area contributed by atoms with Crippen LogP contribution in [0.25, 0.3) is 0 Å². The molecular formula is C12H17N3O2. The maximum Gasteiger partial charge on any atom is 0.224 e. The molecule has 2 fully saturated rings. The van der Waals surface area contributed by atoms with Crippen LogP contribution in [0.2, 0.25) is 0 Å². The Hall–Kier alpha value is -1.57. The maximum atomic E-state index is 12.0. The summed E-state index contributed by atoms with van der Waals surface area (Å²) in [5, 5.41) is 8.65. The molecule has 1 aliphatic carbocycles. The molecule has 1 saturated carbocycles. The van der Waals surface area contributed by atoms with Crippen LogP contribution >= 0.6 is 0 Å². The lowest BCUT2D eigenvalue weighted by atomic mass is 9.81. The van der Waals surface area contributed by atoms with Crippen molar-refractivity contribution in [2.24, 2.45) is 17.1 Å². The van der Waals surface area contributed by atoms with Gasteiger partial charge in [-0.2, -0.15) is 5.26 Å². The Morgan fingerprint density at radius 3 is 2.41 bits per heavy atom. The van der Waals surface area contributed by atoms with Crippen LogP contribution in [0.1, 0.15) is 32.1 Å². The van der Waals surface area contributed by atoms with Crippen LogP contribution in [0.4, 0.5) is 0 Å². The molecule has 2 rings (SSSR count). The third-order valence-corrected chi connectivity index (χ3v) is 3.99. The van der Waals surface area contributed by atoms with Crippen LogP contribution in [0.15, 0.2) is 0 Å². The van der Waals surface area contributed by atoms with Crippen molar-refractivity contribution in [1.29, 1.82) is 5.26 Å². The van der Waals surface area contributed by atoms with Crippen LogP contribution in [0, 0.1) is 22.7 Å². The average Bonchev–Trinajstić information content (AvgIpc) is 2.66. The first-order valence-corrected chi connectivity index (χ1v) is 6.05. The predicted molar refractivity (Wildman–Crippen MR) is 60.4 cm³/mol. The molecule has 0 radical (unpaired) electrons. The number of primary amides is 1. The third-order valence-electron chi connectivity index (χ3n) is 3.99. The van der Waals surface area contributed by atoms with Gasteiger partial charge in [0.2, 0.25) is 11.8 Å². The molecule has 0 aromatic rings. The van der Waals surface area contributed by atoms with Gasteiger partial charge in [0, 0.05) is 19.5 Å². The second kappa shape index (κ2) is 4.36. The lowest BCUT2D eigenvalue weighted by molar-refractivity contribution is -0.143. The summed E-state index contributed by atoms with van der Waals surface area (Å²) >= 11 is 0. The predicted octanol–water partition coefficient (Wildman–Crippen LogP) is 0.404. The van der Waals surface area contributed by atoms with E-state index in [9.17, 15) is 9.59 Å². The lowest BCUT2D eigenvalue weighted by Gasteiger charge is -2.37. The highest BCUT2D eigenvalue weighted by molar-refractivity contribution is 5.88. The highest BCUT2D eigenvalue weighted by atomic mass is 16.2. The molecule has 0 aromatic heterocycles. The van der Waals surface area contributed by atoms with Crippen molar-refractivity contribution >= 4 is 11.8 Å². The van der Waals surface area contributed by atoms with E-state index in [1.54, 1.807) is 4.90 Å². The summed E-state index contributed by atoms with van der Waals surface area (Å²) in [6.45, 7) is 1.01. The number of nitrogens with two attached hydrogens (primary N) is 1. The van der Waals surface area contributed by atoms with E-state index in [0.717, 1.165) is 25.7 Å². The summed E-state index contributed by atoms with van der Waals surface area (Å²) in [6.07, 6.45) is 3.61. The Bertz CT molecular complexity index is 374. The summed E-state index contributed by atoms with van der Waals surface area (Å²) in [6, 6.07) is 2.13. The van der Waals surface area contributed by atoms with Crippen molar-refractivity contribution in [3.63, 3.8) is 0 Å². The van der Waals surface area contributed by atoms with E-state index in [-0.39, 0.29) is 24.2 Å². The SMILES string of the molecule is N#CC1CN(C(=O)CC2(C(N)=O)CCCC2)C1. The Balaban J connectivity index is 1.94. The smallest absolute Gasteiger partial charge is 0.224 e. The van der Waals surface area contributed by atoms with E-state index >= 15 is 0 Å². The lowest BCUT2D eigenvalue weighted by Crippen LogP contribution is -2.51. The van der Waals surface area contributed by atoms with Crippen LogP contribution in [-0.2, 0) is 9.59 Å². The van der Waals surface area contributed by atoms with Gasteiger partial charge in [-0.15, -0.1) is 0 Å². The van der Waals surface area contributed by atoms with Crippen molar-refractivity contribution in [3.05, 3.63) is 0 Å². The van der Waals surface area contributed by atoms with E-state index in [2.05, 4.69) is 6.07 Å². The minimum Gasteiger partial charge on any atom is -0.369 e. The molecule has 92 valence electrons. The minimum atomic E-state index is -0.616. The molecule has 2 N–H and O–H groups in total. The van der Waals surface area contributed by atoms with E-state index in [1.165, 1.54) is 0 Å². The first-order valence-electron chi connectivity index (χ1n) is 6.05. The van der Waals surface area contributed by atoms with Crippen molar-refractivity contribution in [2.45, 2.75) is 32.1 Å². The second-order valence-electron chi connectivity index (χ2n) is 5.15. The summed E-state index contributed by atoms with van der Waals surface area (Å²) in [5.41, 5.74) is 4.82. The molecule has 5 nitrogen and oxygen atoms in total. The molecule has 5 heteroatoms. The maximum absolute atomic E-state index is 12.0.